The zero-order valence-electron chi connectivity index (χ0n) is 20.3. The van der Waals surface area contributed by atoms with Gasteiger partial charge in [0.05, 0.1) is 12.2 Å². The van der Waals surface area contributed by atoms with Gasteiger partial charge in [-0.2, -0.15) is 0 Å². The highest BCUT2D eigenvalue weighted by Gasteiger charge is 2.22. The van der Waals surface area contributed by atoms with Crippen molar-refractivity contribution in [2.75, 3.05) is 13.2 Å². The summed E-state index contributed by atoms with van der Waals surface area (Å²) in [6, 6.07) is 16.2. The van der Waals surface area contributed by atoms with E-state index in [9.17, 15) is 19.5 Å². The molecule has 8 heteroatoms. The minimum Gasteiger partial charge on any atom is -0.508 e. The Bertz CT molecular complexity index is 1450. The summed E-state index contributed by atoms with van der Waals surface area (Å²) in [6.07, 6.45) is -0.117. The molecule has 1 aliphatic carbocycles. The van der Waals surface area contributed by atoms with E-state index in [0.717, 1.165) is 0 Å². The molecule has 0 radical (unpaired) electrons. The Balaban J connectivity index is 1.59. The molecule has 0 bridgehead atoms. The summed E-state index contributed by atoms with van der Waals surface area (Å²) < 4.78 is 16.6. The van der Waals surface area contributed by atoms with E-state index in [2.05, 4.69) is 5.32 Å². The molecule has 0 atom stereocenters. The van der Waals surface area contributed by atoms with Gasteiger partial charge in [0.2, 0.25) is 0 Å². The molecular weight excluding hydrogens is 462 g/mol. The summed E-state index contributed by atoms with van der Waals surface area (Å²) >= 11 is 0. The minimum atomic E-state index is -0.590. The first-order valence-corrected chi connectivity index (χ1v) is 11.6. The minimum absolute atomic E-state index is 0.0162. The van der Waals surface area contributed by atoms with Crippen molar-refractivity contribution in [3.63, 3.8) is 0 Å². The quantitative estimate of drug-likeness (QED) is 0.213. The van der Waals surface area contributed by atoms with Gasteiger partial charge in [0.1, 0.15) is 22.7 Å². The van der Waals surface area contributed by atoms with Crippen molar-refractivity contribution in [3.8, 4) is 28.2 Å². The number of carbonyl (C=O) groups is 2. The van der Waals surface area contributed by atoms with Crippen LogP contribution in [0.3, 0.4) is 0 Å². The molecule has 2 aliphatic rings. The maximum atomic E-state index is 13.1. The van der Waals surface area contributed by atoms with Gasteiger partial charge in [-0.25, -0.2) is 9.59 Å². The third-order valence-electron chi connectivity index (χ3n) is 5.32. The molecular formula is C28H27NO7. The molecule has 4 rings (SSSR count). The predicted octanol–water partition coefficient (Wildman–Crippen LogP) is 5.34. The lowest BCUT2D eigenvalue weighted by molar-refractivity contribution is 0.0484. The fraction of sp³-hybridized carbons (Fsp3) is 0.250. The number of rotatable bonds is 6. The number of alkyl carbamates (subject to hydrolysis) is 1. The standard InChI is InChI=1S/C28H27NO7/c1-28(2,3)36-27(33)29-13-6-14-34-26(32)20-8-5-4-7-19(20)25-21-11-9-17(30)15-23(21)35-24-16-18(31)10-12-22(24)25/h4-5,7-12,15-16,30H,6,13-14H2,1-3H3,(H,29,33). The predicted molar refractivity (Wildman–Crippen MR) is 135 cm³/mol. The number of fused-ring (bicyclic) bond motifs is 2. The summed E-state index contributed by atoms with van der Waals surface area (Å²) in [4.78, 5) is 36.8. The van der Waals surface area contributed by atoms with E-state index < -0.39 is 17.7 Å². The van der Waals surface area contributed by atoms with Crippen molar-refractivity contribution in [2.45, 2.75) is 32.8 Å². The molecule has 36 heavy (non-hydrogen) atoms. The Morgan fingerprint density at radius 3 is 2.56 bits per heavy atom. The molecule has 0 spiro atoms. The number of amides is 1. The SMILES string of the molecule is CC(C)(C)OC(=O)NCCCOC(=O)c1ccccc1-c1c2ccc(=O)cc-2oc2cc(O)ccc12. The Morgan fingerprint density at radius 2 is 1.78 bits per heavy atom. The summed E-state index contributed by atoms with van der Waals surface area (Å²) in [5.41, 5.74) is 1.84. The second-order valence-corrected chi connectivity index (χ2v) is 9.28. The fourth-order valence-electron chi connectivity index (χ4n) is 3.85. The molecule has 2 aromatic carbocycles. The first-order chi connectivity index (χ1) is 17.1. The molecule has 1 heterocycles. The normalized spacial score (nSPS) is 11.4. The summed E-state index contributed by atoms with van der Waals surface area (Å²) in [5.74, 6) is -0.168. The number of hydrogen-bond donors (Lipinski definition) is 2. The largest absolute Gasteiger partial charge is 0.508 e. The fourth-order valence-corrected chi connectivity index (χ4v) is 3.85. The molecule has 0 saturated carbocycles. The monoisotopic (exact) mass is 489 g/mol. The molecule has 8 nitrogen and oxygen atoms in total. The molecule has 0 saturated heterocycles. The third-order valence-corrected chi connectivity index (χ3v) is 5.32. The zero-order chi connectivity index (χ0) is 25.9. The van der Waals surface area contributed by atoms with Gasteiger partial charge in [0.25, 0.3) is 0 Å². The number of aromatic hydroxyl groups is 1. The molecule has 0 unspecified atom stereocenters. The van der Waals surface area contributed by atoms with Gasteiger partial charge in [-0.3, -0.25) is 4.79 Å². The molecule has 0 fully saturated rings. The van der Waals surface area contributed by atoms with Crippen molar-refractivity contribution in [2.24, 2.45) is 0 Å². The molecule has 0 aromatic heterocycles. The molecule has 2 N–H and O–H groups in total. The average molecular weight is 490 g/mol. The van der Waals surface area contributed by atoms with E-state index in [0.29, 0.717) is 51.9 Å². The van der Waals surface area contributed by atoms with Crippen LogP contribution in [0.1, 0.15) is 37.6 Å². The van der Waals surface area contributed by atoms with Crippen molar-refractivity contribution in [1.82, 2.24) is 5.32 Å². The number of benzene rings is 3. The van der Waals surface area contributed by atoms with Gasteiger partial charge >= 0.3 is 12.1 Å². The van der Waals surface area contributed by atoms with Crippen LogP contribution in [0.5, 0.6) is 5.75 Å². The molecule has 186 valence electrons. The lowest BCUT2D eigenvalue weighted by Crippen LogP contribution is -2.33. The van der Waals surface area contributed by atoms with Gasteiger partial charge < -0.3 is 24.3 Å². The van der Waals surface area contributed by atoms with Crippen molar-refractivity contribution in [3.05, 3.63) is 76.5 Å². The van der Waals surface area contributed by atoms with Gasteiger partial charge in [-0.15, -0.1) is 0 Å². The number of nitrogens with one attached hydrogen (secondary N) is 1. The van der Waals surface area contributed by atoms with E-state index in [1.54, 1.807) is 57.2 Å². The van der Waals surface area contributed by atoms with Gasteiger partial charge in [-0.1, -0.05) is 18.2 Å². The Morgan fingerprint density at radius 1 is 1.00 bits per heavy atom. The van der Waals surface area contributed by atoms with E-state index in [1.165, 1.54) is 24.3 Å². The van der Waals surface area contributed by atoms with Gasteiger partial charge in [0, 0.05) is 35.2 Å². The summed E-state index contributed by atoms with van der Waals surface area (Å²) in [6.45, 7) is 5.73. The lowest BCUT2D eigenvalue weighted by Gasteiger charge is -2.19. The Hall–Kier alpha value is -4.33. The van der Waals surface area contributed by atoms with E-state index in [4.69, 9.17) is 13.9 Å². The average Bonchev–Trinajstić information content (AvgIpc) is 2.81. The summed E-state index contributed by atoms with van der Waals surface area (Å²) in [5, 5.41) is 13.3. The van der Waals surface area contributed by atoms with Crippen molar-refractivity contribution < 1.29 is 28.6 Å². The second kappa shape index (κ2) is 10.1. The number of hydrogen-bond acceptors (Lipinski definition) is 7. The van der Waals surface area contributed by atoms with Crippen molar-refractivity contribution >= 4 is 23.0 Å². The highest BCUT2D eigenvalue weighted by molar-refractivity contribution is 6.07. The van der Waals surface area contributed by atoms with Crippen LogP contribution in [0, 0.1) is 0 Å². The third kappa shape index (κ3) is 5.66. The van der Waals surface area contributed by atoms with E-state index in [1.807, 2.05) is 0 Å². The van der Waals surface area contributed by atoms with E-state index in [-0.39, 0.29) is 17.8 Å². The maximum absolute atomic E-state index is 13.1. The smallest absolute Gasteiger partial charge is 0.407 e. The van der Waals surface area contributed by atoms with Crippen LogP contribution in [0.15, 0.2) is 69.9 Å². The van der Waals surface area contributed by atoms with Crippen LogP contribution < -0.4 is 10.7 Å². The van der Waals surface area contributed by atoms with Gasteiger partial charge in [0.15, 0.2) is 5.43 Å². The Kier molecular flexibility index (Phi) is 6.96. The topological polar surface area (TPSA) is 115 Å². The number of phenols is 1. The molecule has 1 amide bonds. The maximum Gasteiger partial charge on any atom is 0.407 e. The molecule has 2 aromatic rings. The van der Waals surface area contributed by atoms with Crippen LogP contribution in [0.4, 0.5) is 4.79 Å². The van der Waals surface area contributed by atoms with Crippen LogP contribution >= 0.6 is 0 Å². The zero-order valence-corrected chi connectivity index (χ0v) is 20.3. The number of ether oxygens (including phenoxy) is 2. The first-order valence-electron chi connectivity index (χ1n) is 11.6. The lowest BCUT2D eigenvalue weighted by atomic mass is 9.91. The van der Waals surface area contributed by atoms with Crippen LogP contribution in [0.2, 0.25) is 0 Å². The number of phenolic OH excluding ortho intramolecular Hbond substituents is 1. The molecule has 1 aliphatic heterocycles. The Labute approximate surface area is 207 Å². The number of carbonyl (C=O) groups excluding carboxylic acids is 2. The van der Waals surface area contributed by atoms with Crippen LogP contribution in [0.25, 0.3) is 33.4 Å². The highest BCUT2D eigenvalue weighted by Crippen LogP contribution is 2.41. The highest BCUT2D eigenvalue weighted by atomic mass is 16.6. The number of esters is 1. The van der Waals surface area contributed by atoms with Crippen LogP contribution in [-0.4, -0.2) is 35.9 Å². The van der Waals surface area contributed by atoms with Gasteiger partial charge in [-0.05, 0) is 63.1 Å². The first kappa shape index (κ1) is 24.8. The summed E-state index contributed by atoms with van der Waals surface area (Å²) in [7, 11) is 0. The van der Waals surface area contributed by atoms with E-state index >= 15 is 0 Å². The van der Waals surface area contributed by atoms with Crippen LogP contribution in [-0.2, 0) is 9.47 Å². The second-order valence-electron chi connectivity index (χ2n) is 9.28. The van der Waals surface area contributed by atoms with Crippen molar-refractivity contribution in [1.29, 1.82) is 0 Å².